The SMILES string of the molecule is C=CCC(O)(/C=C/c1ccco1)CC=C. The molecular weight excluding hydrogens is 188 g/mol. The molecule has 2 heteroatoms. The van der Waals surface area contributed by atoms with E-state index in [4.69, 9.17) is 4.42 Å². The molecule has 1 aromatic heterocycles. The third-order valence-electron chi connectivity index (χ3n) is 2.10. The highest BCUT2D eigenvalue weighted by Gasteiger charge is 2.19. The van der Waals surface area contributed by atoms with Gasteiger partial charge in [-0.05, 0) is 37.1 Å². The first-order valence-electron chi connectivity index (χ1n) is 4.87. The minimum atomic E-state index is -0.906. The predicted molar refractivity (Wildman–Crippen MR) is 62.3 cm³/mol. The molecule has 0 saturated carbocycles. The van der Waals surface area contributed by atoms with Crippen molar-refractivity contribution >= 4 is 6.08 Å². The van der Waals surface area contributed by atoms with E-state index < -0.39 is 5.60 Å². The lowest BCUT2D eigenvalue weighted by Gasteiger charge is -2.20. The fraction of sp³-hybridized carbons (Fsp3) is 0.231. The van der Waals surface area contributed by atoms with E-state index in [-0.39, 0.29) is 0 Å². The summed E-state index contributed by atoms with van der Waals surface area (Å²) in [5.74, 6) is 0.724. The Kier molecular flexibility index (Phi) is 4.13. The maximum absolute atomic E-state index is 10.1. The van der Waals surface area contributed by atoms with Crippen molar-refractivity contribution in [3.63, 3.8) is 0 Å². The number of hydrogen-bond donors (Lipinski definition) is 1. The van der Waals surface area contributed by atoms with Gasteiger partial charge < -0.3 is 9.52 Å². The lowest BCUT2D eigenvalue weighted by Crippen LogP contribution is -2.23. The quantitative estimate of drug-likeness (QED) is 0.722. The molecule has 0 radical (unpaired) electrons. The Morgan fingerprint density at radius 2 is 2.00 bits per heavy atom. The first-order chi connectivity index (χ1) is 7.20. The van der Waals surface area contributed by atoms with Crippen molar-refractivity contribution in [2.75, 3.05) is 0 Å². The average molecular weight is 204 g/mol. The monoisotopic (exact) mass is 204 g/mol. The van der Waals surface area contributed by atoms with Crippen molar-refractivity contribution < 1.29 is 9.52 Å². The Labute approximate surface area is 90.2 Å². The van der Waals surface area contributed by atoms with E-state index in [0.717, 1.165) is 5.76 Å². The number of rotatable bonds is 6. The maximum atomic E-state index is 10.1. The second kappa shape index (κ2) is 5.37. The van der Waals surface area contributed by atoms with E-state index in [0.29, 0.717) is 12.8 Å². The lowest BCUT2D eigenvalue weighted by atomic mass is 9.95. The van der Waals surface area contributed by atoms with Gasteiger partial charge in [0.25, 0.3) is 0 Å². The van der Waals surface area contributed by atoms with Crippen LogP contribution in [0.25, 0.3) is 6.08 Å². The number of hydrogen-bond acceptors (Lipinski definition) is 2. The van der Waals surface area contributed by atoms with Gasteiger partial charge in [0, 0.05) is 0 Å². The van der Waals surface area contributed by atoms with Crippen LogP contribution in [0.4, 0.5) is 0 Å². The van der Waals surface area contributed by atoms with Gasteiger partial charge in [0.1, 0.15) is 5.76 Å². The Balaban J connectivity index is 2.73. The summed E-state index contributed by atoms with van der Waals surface area (Å²) < 4.78 is 5.14. The largest absolute Gasteiger partial charge is 0.465 e. The van der Waals surface area contributed by atoms with Gasteiger partial charge in [0.2, 0.25) is 0 Å². The second-order valence-corrected chi connectivity index (χ2v) is 3.44. The molecule has 1 aromatic rings. The fourth-order valence-electron chi connectivity index (χ4n) is 1.34. The Morgan fingerprint density at radius 1 is 1.33 bits per heavy atom. The molecule has 0 saturated heterocycles. The van der Waals surface area contributed by atoms with Crippen molar-refractivity contribution in [2.45, 2.75) is 18.4 Å². The summed E-state index contributed by atoms with van der Waals surface area (Å²) in [6.07, 6.45) is 9.44. The standard InChI is InChI=1S/C13H16O2/c1-3-8-13(14,9-4-2)10-7-12-6-5-11-15-12/h3-7,10-11,14H,1-2,8-9H2/b10-7+. The third-order valence-corrected chi connectivity index (χ3v) is 2.10. The smallest absolute Gasteiger partial charge is 0.126 e. The molecule has 0 aliphatic rings. The summed E-state index contributed by atoms with van der Waals surface area (Å²) in [7, 11) is 0. The van der Waals surface area contributed by atoms with Crippen LogP contribution < -0.4 is 0 Å². The molecule has 1 heterocycles. The molecule has 0 amide bonds. The van der Waals surface area contributed by atoms with E-state index in [2.05, 4.69) is 13.2 Å². The molecule has 0 aromatic carbocycles. The highest BCUT2D eigenvalue weighted by molar-refractivity contribution is 5.44. The van der Waals surface area contributed by atoms with Crippen LogP contribution in [0.3, 0.4) is 0 Å². The average Bonchev–Trinajstić information content (AvgIpc) is 2.68. The summed E-state index contributed by atoms with van der Waals surface area (Å²) in [5, 5.41) is 10.1. The van der Waals surface area contributed by atoms with Crippen molar-refractivity contribution in [2.24, 2.45) is 0 Å². The third kappa shape index (κ3) is 3.60. The zero-order valence-corrected chi connectivity index (χ0v) is 8.73. The highest BCUT2D eigenvalue weighted by atomic mass is 16.3. The van der Waals surface area contributed by atoms with Gasteiger partial charge >= 0.3 is 0 Å². The van der Waals surface area contributed by atoms with Crippen LogP contribution in [0.1, 0.15) is 18.6 Å². The van der Waals surface area contributed by atoms with Crippen LogP contribution in [0, 0.1) is 0 Å². The molecule has 0 unspecified atom stereocenters. The van der Waals surface area contributed by atoms with Crippen molar-refractivity contribution in [1.29, 1.82) is 0 Å². The van der Waals surface area contributed by atoms with Gasteiger partial charge in [-0.1, -0.05) is 12.2 Å². The zero-order valence-electron chi connectivity index (χ0n) is 8.73. The van der Waals surface area contributed by atoms with Crippen LogP contribution in [0.2, 0.25) is 0 Å². The van der Waals surface area contributed by atoms with Crippen LogP contribution in [-0.2, 0) is 0 Å². The van der Waals surface area contributed by atoms with Gasteiger partial charge in [-0.2, -0.15) is 0 Å². The van der Waals surface area contributed by atoms with E-state index in [1.54, 1.807) is 36.6 Å². The minimum absolute atomic E-state index is 0.496. The van der Waals surface area contributed by atoms with Gasteiger partial charge in [0.15, 0.2) is 0 Å². The molecule has 0 bridgehead atoms. The predicted octanol–water partition coefficient (Wildman–Crippen LogP) is 3.18. The number of aliphatic hydroxyl groups is 1. The van der Waals surface area contributed by atoms with E-state index in [1.165, 1.54) is 0 Å². The van der Waals surface area contributed by atoms with Crippen molar-refractivity contribution in [3.8, 4) is 0 Å². The summed E-state index contributed by atoms with van der Waals surface area (Å²) in [6, 6.07) is 3.64. The summed E-state index contributed by atoms with van der Waals surface area (Å²) in [6.45, 7) is 7.24. The minimum Gasteiger partial charge on any atom is -0.465 e. The Morgan fingerprint density at radius 3 is 2.47 bits per heavy atom. The Hall–Kier alpha value is -1.54. The van der Waals surface area contributed by atoms with Gasteiger partial charge in [-0.3, -0.25) is 0 Å². The van der Waals surface area contributed by atoms with E-state index >= 15 is 0 Å². The molecule has 1 rings (SSSR count). The van der Waals surface area contributed by atoms with Crippen LogP contribution in [0.15, 0.2) is 54.2 Å². The molecule has 15 heavy (non-hydrogen) atoms. The second-order valence-electron chi connectivity index (χ2n) is 3.44. The first kappa shape index (κ1) is 11.5. The summed E-state index contributed by atoms with van der Waals surface area (Å²) >= 11 is 0. The molecule has 0 fully saturated rings. The molecule has 0 spiro atoms. The van der Waals surface area contributed by atoms with Gasteiger partial charge in [-0.25, -0.2) is 0 Å². The summed E-state index contributed by atoms with van der Waals surface area (Å²) in [5.41, 5.74) is -0.906. The molecule has 1 N–H and O–H groups in total. The fourth-order valence-corrected chi connectivity index (χ4v) is 1.34. The highest BCUT2D eigenvalue weighted by Crippen LogP contribution is 2.20. The van der Waals surface area contributed by atoms with Crippen LogP contribution >= 0.6 is 0 Å². The normalized spacial score (nSPS) is 11.8. The molecule has 80 valence electrons. The molecule has 2 nitrogen and oxygen atoms in total. The maximum Gasteiger partial charge on any atom is 0.126 e. The molecule has 0 atom stereocenters. The molecule has 0 aliphatic heterocycles. The first-order valence-corrected chi connectivity index (χ1v) is 4.87. The van der Waals surface area contributed by atoms with Gasteiger partial charge in [0.05, 0.1) is 11.9 Å². The van der Waals surface area contributed by atoms with E-state index in [1.807, 2.05) is 6.07 Å². The number of furan rings is 1. The van der Waals surface area contributed by atoms with E-state index in [9.17, 15) is 5.11 Å². The topological polar surface area (TPSA) is 33.4 Å². The summed E-state index contributed by atoms with van der Waals surface area (Å²) in [4.78, 5) is 0. The van der Waals surface area contributed by atoms with Gasteiger partial charge in [-0.15, -0.1) is 13.2 Å². The molecular formula is C13H16O2. The van der Waals surface area contributed by atoms with Crippen molar-refractivity contribution in [3.05, 3.63) is 55.5 Å². The molecule has 0 aliphatic carbocycles. The Bertz CT molecular complexity index is 323. The van der Waals surface area contributed by atoms with Crippen molar-refractivity contribution in [1.82, 2.24) is 0 Å². The van der Waals surface area contributed by atoms with Crippen LogP contribution in [-0.4, -0.2) is 10.7 Å². The van der Waals surface area contributed by atoms with Crippen LogP contribution in [0.5, 0.6) is 0 Å². The zero-order chi connectivity index (χ0) is 11.1. The lowest BCUT2D eigenvalue weighted by molar-refractivity contribution is 0.0985.